The number of aliphatic hydroxyl groups excluding tert-OH is 1. The van der Waals surface area contributed by atoms with Crippen LogP contribution < -0.4 is 0 Å². The van der Waals surface area contributed by atoms with Crippen molar-refractivity contribution in [1.29, 1.82) is 0 Å². The molecule has 1 aromatic rings. The lowest BCUT2D eigenvalue weighted by Gasteiger charge is -2.26. The Morgan fingerprint density at radius 2 is 2.20 bits per heavy atom. The van der Waals surface area contributed by atoms with E-state index in [4.69, 9.17) is 0 Å². The van der Waals surface area contributed by atoms with E-state index in [1.165, 1.54) is 12.8 Å². The summed E-state index contributed by atoms with van der Waals surface area (Å²) in [6.45, 7) is 3.57. The number of nitrogens with zero attached hydrogens (tertiary/aromatic N) is 3. The summed E-state index contributed by atoms with van der Waals surface area (Å²) in [6, 6.07) is 0.148. The summed E-state index contributed by atoms with van der Waals surface area (Å²) in [6.07, 6.45) is 9.47. The lowest BCUT2D eigenvalue weighted by atomic mass is 10.0. The molecular weight excluding hydrogens is 254 g/mol. The Morgan fingerprint density at radius 3 is 2.80 bits per heavy atom. The maximum absolute atomic E-state index is 12.2. The Labute approximate surface area is 118 Å². The number of aliphatic hydroxyl groups is 1. The van der Waals surface area contributed by atoms with Gasteiger partial charge in [-0.15, -0.1) is 0 Å². The summed E-state index contributed by atoms with van der Waals surface area (Å²) in [7, 11) is 0. The fraction of sp³-hybridized carbons (Fsp3) is 0.600. The number of aryl methyl sites for hydroxylation is 1. The Kier molecular flexibility index (Phi) is 3.51. The van der Waals surface area contributed by atoms with Crippen LogP contribution in [0.5, 0.6) is 0 Å². The molecule has 1 amide bonds. The van der Waals surface area contributed by atoms with E-state index in [-0.39, 0.29) is 17.7 Å². The number of amides is 1. The van der Waals surface area contributed by atoms with E-state index >= 15 is 0 Å². The van der Waals surface area contributed by atoms with Crippen LogP contribution in [0.1, 0.15) is 32.6 Å². The minimum absolute atomic E-state index is 0.00651. The van der Waals surface area contributed by atoms with E-state index in [0.717, 1.165) is 25.0 Å². The van der Waals surface area contributed by atoms with Crippen LogP contribution in [0.3, 0.4) is 0 Å². The summed E-state index contributed by atoms with van der Waals surface area (Å²) >= 11 is 0. The van der Waals surface area contributed by atoms with Gasteiger partial charge in [0.25, 0.3) is 5.91 Å². The normalized spacial score (nSPS) is 22.9. The monoisotopic (exact) mass is 275 g/mol. The summed E-state index contributed by atoms with van der Waals surface area (Å²) < 4.78 is 2.01. The first-order chi connectivity index (χ1) is 9.72. The van der Waals surface area contributed by atoms with Crippen molar-refractivity contribution < 1.29 is 9.90 Å². The summed E-state index contributed by atoms with van der Waals surface area (Å²) in [5.41, 5.74) is 0.945. The largest absolute Gasteiger partial charge is 0.503 e. The van der Waals surface area contributed by atoms with Crippen molar-refractivity contribution >= 4 is 5.91 Å². The smallest absolute Gasteiger partial charge is 0.289 e. The molecule has 1 N–H and O–H groups in total. The molecule has 0 saturated heterocycles. The third-order valence-electron chi connectivity index (χ3n) is 4.28. The van der Waals surface area contributed by atoms with E-state index in [0.29, 0.717) is 12.5 Å². The average Bonchev–Trinajstić information content (AvgIpc) is 3.10. The van der Waals surface area contributed by atoms with E-state index < -0.39 is 0 Å². The second kappa shape index (κ2) is 5.31. The van der Waals surface area contributed by atoms with Crippen molar-refractivity contribution in [2.24, 2.45) is 5.92 Å². The van der Waals surface area contributed by atoms with Crippen LogP contribution in [-0.2, 0) is 11.3 Å². The maximum atomic E-state index is 12.2. The van der Waals surface area contributed by atoms with Crippen LogP contribution in [0.15, 0.2) is 30.1 Å². The predicted molar refractivity (Wildman–Crippen MR) is 75.0 cm³/mol. The zero-order valence-corrected chi connectivity index (χ0v) is 11.8. The maximum Gasteiger partial charge on any atom is 0.289 e. The minimum Gasteiger partial charge on any atom is -0.503 e. The van der Waals surface area contributed by atoms with Gasteiger partial charge in [-0.2, -0.15) is 0 Å². The molecule has 1 aromatic heterocycles. The van der Waals surface area contributed by atoms with Gasteiger partial charge in [0.1, 0.15) is 0 Å². The second-order valence-electron chi connectivity index (χ2n) is 5.66. The first-order valence-electron chi connectivity index (χ1n) is 7.41. The highest BCUT2D eigenvalue weighted by Crippen LogP contribution is 2.43. The Bertz CT molecular complexity index is 517. The SMILES string of the molecule is CCC1=C(O)C(=O)N(CCCn2ccnc2)C1C1CC1. The molecule has 0 aromatic carbocycles. The van der Waals surface area contributed by atoms with Crippen molar-refractivity contribution in [1.82, 2.24) is 14.5 Å². The molecule has 1 atom stereocenters. The Balaban J connectivity index is 1.64. The van der Waals surface area contributed by atoms with Crippen molar-refractivity contribution in [2.75, 3.05) is 6.54 Å². The van der Waals surface area contributed by atoms with Crippen LogP contribution in [0.25, 0.3) is 0 Å². The molecule has 1 saturated carbocycles. The van der Waals surface area contributed by atoms with Crippen LogP contribution in [0.4, 0.5) is 0 Å². The van der Waals surface area contributed by atoms with Gasteiger partial charge >= 0.3 is 0 Å². The van der Waals surface area contributed by atoms with Gasteiger partial charge in [-0.1, -0.05) is 6.92 Å². The third kappa shape index (κ3) is 2.32. The average molecular weight is 275 g/mol. The fourth-order valence-electron chi connectivity index (χ4n) is 3.14. The fourth-order valence-corrected chi connectivity index (χ4v) is 3.14. The van der Waals surface area contributed by atoms with Gasteiger partial charge in [0.05, 0.1) is 12.4 Å². The quantitative estimate of drug-likeness (QED) is 0.865. The Morgan fingerprint density at radius 1 is 1.40 bits per heavy atom. The number of imidazole rings is 1. The third-order valence-corrected chi connectivity index (χ3v) is 4.28. The van der Waals surface area contributed by atoms with E-state index in [1.807, 2.05) is 22.6 Å². The molecule has 0 radical (unpaired) electrons. The molecule has 0 spiro atoms. The molecule has 20 heavy (non-hydrogen) atoms. The van der Waals surface area contributed by atoms with Crippen molar-refractivity contribution in [2.45, 2.75) is 45.2 Å². The van der Waals surface area contributed by atoms with Gasteiger partial charge in [-0.05, 0) is 37.2 Å². The van der Waals surface area contributed by atoms with Gasteiger partial charge in [-0.3, -0.25) is 4.79 Å². The zero-order chi connectivity index (χ0) is 14.1. The highest BCUT2D eigenvalue weighted by atomic mass is 16.3. The highest BCUT2D eigenvalue weighted by Gasteiger charge is 2.45. The van der Waals surface area contributed by atoms with Crippen molar-refractivity contribution in [3.05, 3.63) is 30.1 Å². The molecule has 1 aliphatic heterocycles. The van der Waals surface area contributed by atoms with Crippen LogP contribution >= 0.6 is 0 Å². The standard InChI is InChI=1S/C15H21N3O2/c1-2-12-13(11-4-5-11)18(15(20)14(12)19)8-3-7-17-9-6-16-10-17/h6,9-11,13,19H,2-5,7-8H2,1H3. The lowest BCUT2D eigenvalue weighted by Crippen LogP contribution is -2.38. The molecule has 1 fully saturated rings. The second-order valence-corrected chi connectivity index (χ2v) is 5.66. The van der Waals surface area contributed by atoms with Gasteiger partial charge in [0.15, 0.2) is 5.76 Å². The number of hydrogen-bond donors (Lipinski definition) is 1. The van der Waals surface area contributed by atoms with Gasteiger partial charge in [-0.25, -0.2) is 4.98 Å². The molecule has 5 heteroatoms. The number of rotatable bonds is 6. The predicted octanol–water partition coefficient (Wildman–Crippen LogP) is 2.12. The van der Waals surface area contributed by atoms with Crippen LogP contribution in [-0.4, -0.2) is 38.1 Å². The van der Waals surface area contributed by atoms with E-state index in [2.05, 4.69) is 4.98 Å². The van der Waals surface area contributed by atoms with Crippen LogP contribution in [0.2, 0.25) is 0 Å². The van der Waals surface area contributed by atoms with Crippen molar-refractivity contribution in [3.8, 4) is 0 Å². The van der Waals surface area contributed by atoms with Gasteiger partial charge in [0, 0.05) is 25.5 Å². The summed E-state index contributed by atoms with van der Waals surface area (Å²) in [5.74, 6) is 0.392. The van der Waals surface area contributed by atoms with Gasteiger partial charge < -0.3 is 14.6 Å². The molecule has 1 unspecified atom stereocenters. The molecule has 108 valence electrons. The van der Waals surface area contributed by atoms with E-state index in [9.17, 15) is 9.90 Å². The summed E-state index contributed by atoms with van der Waals surface area (Å²) in [5, 5.41) is 10.0. The first kappa shape index (κ1) is 13.2. The lowest BCUT2D eigenvalue weighted by molar-refractivity contribution is -0.129. The molecule has 2 heterocycles. The molecule has 5 nitrogen and oxygen atoms in total. The number of aromatic nitrogens is 2. The molecule has 3 rings (SSSR count). The summed E-state index contributed by atoms with van der Waals surface area (Å²) in [4.78, 5) is 18.1. The number of hydrogen-bond acceptors (Lipinski definition) is 3. The Hall–Kier alpha value is -1.78. The van der Waals surface area contributed by atoms with Crippen LogP contribution in [0, 0.1) is 5.92 Å². The molecule has 0 bridgehead atoms. The zero-order valence-electron chi connectivity index (χ0n) is 11.8. The van der Waals surface area contributed by atoms with Gasteiger partial charge in [0.2, 0.25) is 0 Å². The minimum atomic E-state index is -0.176. The topological polar surface area (TPSA) is 58.4 Å². The highest BCUT2D eigenvalue weighted by molar-refractivity contribution is 5.95. The molecule has 1 aliphatic carbocycles. The number of carbonyl (C=O) groups excluding carboxylic acids is 1. The van der Waals surface area contributed by atoms with Crippen molar-refractivity contribution in [3.63, 3.8) is 0 Å². The molecular formula is C15H21N3O2. The molecule has 2 aliphatic rings. The first-order valence-corrected chi connectivity index (χ1v) is 7.41. The number of carbonyl (C=O) groups is 1. The van der Waals surface area contributed by atoms with E-state index in [1.54, 1.807) is 12.5 Å².